The highest BCUT2D eigenvalue weighted by atomic mass is 16.5. The Balaban J connectivity index is 2.50. The van der Waals surface area contributed by atoms with Crippen LogP contribution in [0.4, 0.5) is 0 Å². The standard InChI is InChI=1S/C10H8N2O6/c1-15-9(13)6-7(10(14)16-2)18-8(11-6)5-3-4-17-12-5/h3-4H,1-2H3. The van der Waals surface area contributed by atoms with Crippen molar-refractivity contribution in [3.8, 4) is 11.6 Å². The van der Waals surface area contributed by atoms with Gasteiger partial charge in [0.1, 0.15) is 6.26 Å². The topological polar surface area (TPSA) is 105 Å². The van der Waals surface area contributed by atoms with E-state index in [0.29, 0.717) is 0 Å². The van der Waals surface area contributed by atoms with Crippen molar-refractivity contribution in [2.75, 3.05) is 14.2 Å². The summed E-state index contributed by atoms with van der Waals surface area (Å²) in [7, 11) is 2.32. The molecule has 18 heavy (non-hydrogen) atoms. The van der Waals surface area contributed by atoms with Crippen LogP contribution >= 0.6 is 0 Å². The Bertz CT molecular complexity index is 538. The number of rotatable bonds is 3. The first-order chi connectivity index (χ1) is 8.67. The molecule has 0 aromatic carbocycles. The Labute approximate surface area is 100 Å². The SMILES string of the molecule is COC(=O)c1nc(-c2ccon2)oc1C(=O)OC. The summed E-state index contributed by atoms with van der Waals surface area (Å²) in [6.07, 6.45) is 1.30. The van der Waals surface area contributed by atoms with Crippen LogP contribution in [-0.4, -0.2) is 36.3 Å². The quantitative estimate of drug-likeness (QED) is 0.742. The Morgan fingerprint density at radius 3 is 2.50 bits per heavy atom. The van der Waals surface area contributed by atoms with Crippen LogP contribution in [0, 0.1) is 0 Å². The normalized spacial score (nSPS) is 10.1. The van der Waals surface area contributed by atoms with Crippen molar-refractivity contribution < 1.29 is 28.0 Å². The summed E-state index contributed by atoms with van der Waals surface area (Å²) in [6.45, 7) is 0. The Morgan fingerprint density at radius 1 is 1.22 bits per heavy atom. The van der Waals surface area contributed by atoms with Crippen LogP contribution in [0.1, 0.15) is 21.0 Å². The average molecular weight is 252 g/mol. The zero-order valence-corrected chi connectivity index (χ0v) is 9.50. The van der Waals surface area contributed by atoms with Crippen molar-refractivity contribution in [2.24, 2.45) is 0 Å². The summed E-state index contributed by atoms with van der Waals surface area (Å²) >= 11 is 0. The largest absolute Gasteiger partial charge is 0.464 e. The molecule has 0 aliphatic rings. The number of aromatic nitrogens is 2. The van der Waals surface area contributed by atoms with Gasteiger partial charge in [-0.3, -0.25) is 0 Å². The van der Waals surface area contributed by atoms with E-state index in [1.54, 1.807) is 0 Å². The molecule has 0 saturated carbocycles. The van der Waals surface area contributed by atoms with Crippen molar-refractivity contribution in [3.05, 3.63) is 23.8 Å². The maximum Gasteiger partial charge on any atom is 0.376 e. The molecule has 8 heteroatoms. The lowest BCUT2D eigenvalue weighted by molar-refractivity contribution is 0.0527. The average Bonchev–Trinajstić information content (AvgIpc) is 3.04. The second kappa shape index (κ2) is 4.70. The van der Waals surface area contributed by atoms with Crippen LogP contribution in [0.5, 0.6) is 0 Å². The Morgan fingerprint density at radius 2 is 1.94 bits per heavy atom. The number of esters is 2. The third-order valence-electron chi connectivity index (χ3n) is 2.03. The van der Waals surface area contributed by atoms with Gasteiger partial charge in [-0.1, -0.05) is 5.16 Å². The van der Waals surface area contributed by atoms with Crippen molar-refractivity contribution in [1.82, 2.24) is 10.1 Å². The summed E-state index contributed by atoms with van der Waals surface area (Å²) in [5.74, 6) is -2.03. The van der Waals surface area contributed by atoms with E-state index >= 15 is 0 Å². The van der Waals surface area contributed by atoms with Gasteiger partial charge < -0.3 is 18.4 Å². The Hall–Kier alpha value is -2.64. The van der Waals surface area contributed by atoms with E-state index < -0.39 is 11.9 Å². The monoisotopic (exact) mass is 252 g/mol. The number of oxazole rings is 1. The number of hydrogen-bond donors (Lipinski definition) is 0. The fourth-order valence-corrected chi connectivity index (χ4v) is 1.22. The van der Waals surface area contributed by atoms with E-state index in [4.69, 9.17) is 4.42 Å². The van der Waals surface area contributed by atoms with Gasteiger partial charge in [0.25, 0.3) is 0 Å². The molecule has 0 aliphatic carbocycles. The molecule has 0 amide bonds. The molecule has 8 nitrogen and oxygen atoms in total. The predicted molar refractivity (Wildman–Crippen MR) is 54.7 cm³/mol. The zero-order chi connectivity index (χ0) is 13.1. The zero-order valence-electron chi connectivity index (χ0n) is 9.50. The fraction of sp³-hybridized carbons (Fsp3) is 0.200. The van der Waals surface area contributed by atoms with Gasteiger partial charge in [-0.05, 0) is 0 Å². The van der Waals surface area contributed by atoms with Crippen LogP contribution in [0.2, 0.25) is 0 Å². The molecule has 0 N–H and O–H groups in total. The van der Waals surface area contributed by atoms with Crippen molar-refractivity contribution >= 4 is 11.9 Å². The third kappa shape index (κ3) is 1.95. The van der Waals surface area contributed by atoms with Gasteiger partial charge in [0.05, 0.1) is 14.2 Å². The van der Waals surface area contributed by atoms with Gasteiger partial charge in [-0.25, -0.2) is 9.59 Å². The first-order valence-corrected chi connectivity index (χ1v) is 4.75. The second-order valence-electron chi connectivity index (χ2n) is 3.06. The van der Waals surface area contributed by atoms with E-state index in [0.717, 1.165) is 14.2 Å². The van der Waals surface area contributed by atoms with E-state index in [1.165, 1.54) is 12.3 Å². The van der Waals surface area contributed by atoms with Gasteiger partial charge in [0, 0.05) is 6.07 Å². The highest BCUT2D eigenvalue weighted by molar-refractivity contribution is 6.00. The third-order valence-corrected chi connectivity index (χ3v) is 2.03. The lowest BCUT2D eigenvalue weighted by Gasteiger charge is -1.96. The molecule has 0 saturated heterocycles. The molecule has 2 aromatic rings. The van der Waals surface area contributed by atoms with Crippen LogP contribution < -0.4 is 0 Å². The first kappa shape index (κ1) is 11.8. The van der Waals surface area contributed by atoms with Gasteiger partial charge in [0.2, 0.25) is 17.3 Å². The maximum absolute atomic E-state index is 11.4. The number of methoxy groups -OCH3 is 2. The minimum Gasteiger partial charge on any atom is -0.464 e. The van der Waals surface area contributed by atoms with Crippen molar-refractivity contribution in [3.63, 3.8) is 0 Å². The Kier molecular flexibility index (Phi) is 3.09. The van der Waals surface area contributed by atoms with Crippen molar-refractivity contribution in [2.45, 2.75) is 0 Å². The summed E-state index contributed by atoms with van der Waals surface area (Å²) < 4.78 is 18.7. The number of hydrogen-bond acceptors (Lipinski definition) is 8. The first-order valence-electron chi connectivity index (χ1n) is 4.75. The molecule has 2 aromatic heterocycles. The molecule has 0 atom stereocenters. The number of ether oxygens (including phenoxy) is 2. The molecular weight excluding hydrogens is 244 g/mol. The number of carbonyl (C=O) groups is 2. The maximum atomic E-state index is 11.4. The lowest BCUT2D eigenvalue weighted by Crippen LogP contribution is -2.10. The van der Waals surface area contributed by atoms with Crippen molar-refractivity contribution in [1.29, 1.82) is 0 Å². The molecule has 94 valence electrons. The smallest absolute Gasteiger partial charge is 0.376 e. The minimum absolute atomic E-state index is 0.0375. The molecular formula is C10H8N2O6. The molecule has 0 spiro atoms. The van der Waals surface area contributed by atoms with Crippen LogP contribution in [0.25, 0.3) is 11.6 Å². The van der Waals surface area contributed by atoms with Gasteiger partial charge in [-0.2, -0.15) is 4.98 Å². The summed E-state index contributed by atoms with van der Waals surface area (Å²) in [4.78, 5) is 26.7. The number of carbonyl (C=O) groups excluding carboxylic acids is 2. The van der Waals surface area contributed by atoms with Crippen LogP contribution in [-0.2, 0) is 9.47 Å². The number of nitrogens with zero attached hydrogens (tertiary/aromatic N) is 2. The van der Waals surface area contributed by atoms with E-state index in [-0.39, 0.29) is 23.0 Å². The predicted octanol–water partition coefficient (Wildman–Crippen LogP) is 0.903. The minimum atomic E-state index is -0.836. The highest BCUT2D eigenvalue weighted by Crippen LogP contribution is 2.21. The summed E-state index contributed by atoms with van der Waals surface area (Å²) in [6, 6.07) is 1.47. The molecule has 2 heterocycles. The summed E-state index contributed by atoms with van der Waals surface area (Å²) in [5.41, 5.74) is -0.0299. The lowest BCUT2D eigenvalue weighted by atomic mass is 10.3. The van der Waals surface area contributed by atoms with Gasteiger partial charge in [-0.15, -0.1) is 0 Å². The molecule has 0 unspecified atom stereocenters. The van der Waals surface area contributed by atoms with Crippen LogP contribution in [0.15, 0.2) is 21.3 Å². The molecule has 0 bridgehead atoms. The van der Waals surface area contributed by atoms with Crippen LogP contribution in [0.3, 0.4) is 0 Å². The summed E-state index contributed by atoms with van der Waals surface area (Å²) in [5, 5.41) is 3.58. The van der Waals surface area contributed by atoms with Gasteiger partial charge >= 0.3 is 11.9 Å². The van der Waals surface area contributed by atoms with E-state index in [9.17, 15) is 9.59 Å². The molecule has 0 radical (unpaired) electrons. The molecule has 2 rings (SSSR count). The highest BCUT2D eigenvalue weighted by Gasteiger charge is 2.28. The molecule has 0 fully saturated rings. The molecule has 0 aliphatic heterocycles. The van der Waals surface area contributed by atoms with Gasteiger partial charge in [0.15, 0.2) is 5.69 Å². The second-order valence-corrected chi connectivity index (χ2v) is 3.06. The fourth-order valence-electron chi connectivity index (χ4n) is 1.22. The van der Waals surface area contributed by atoms with E-state index in [2.05, 4.69) is 24.1 Å². The van der Waals surface area contributed by atoms with E-state index in [1.807, 2.05) is 0 Å².